The highest BCUT2D eigenvalue weighted by Gasteiger charge is 2.64. The largest absolute Gasteiger partial charge is 0.144 e. The first-order valence-electron chi connectivity index (χ1n) is 7.75. The maximum absolute atomic E-state index is 16.1. The molecule has 3 rings (SSSR count). The number of benzene rings is 3. The summed E-state index contributed by atoms with van der Waals surface area (Å²) in [7, 11) is -7.14. The summed E-state index contributed by atoms with van der Waals surface area (Å²) in [5, 5.41) is 0. The summed E-state index contributed by atoms with van der Waals surface area (Å²) < 4.78 is 48.3. The van der Waals surface area contributed by atoms with Gasteiger partial charge in [-0.3, -0.25) is 0 Å². The van der Waals surface area contributed by atoms with Crippen LogP contribution in [0.1, 0.15) is 5.56 Å². The van der Waals surface area contributed by atoms with Crippen LogP contribution in [-0.4, -0.2) is 5.75 Å². The summed E-state index contributed by atoms with van der Waals surface area (Å²) in [5.41, 5.74) is 0.697. The Morgan fingerprint density at radius 3 is 1.33 bits per heavy atom. The maximum Gasteiger partial charge on any atom is 0.0966 e. The van der Waals surface area contributed by atoms with Gasteiger partial charge in [-0.1, -0.05) is 66.7 Å². The highest BCUT2D eigenvalue weighted by molar-refractivity contribution is 8.53. The van der Waals surface area contributed by atoms with Crippen LogP contribution in [0.3, 0.4) is 0 Å². The van der Waals surface area contributed by atoms with Gasteiger partial charge < -0.3 is 0 Å². The number of hydrogen-bond donors (Lipinski definition) is 0. The van der Waals surface area contributed by atoms with Gasteiger partial charge in [-0.2, -0.15) is 0 Å². The van der Waals surface area contributed by atoms with Crippen molar-refractivity contribution in [3.05, 3.63) is 96.6 Å². The molecule has 24 heavy (non-hydrogen) atoms. The lowest BCUT2D eigenvalue weighted by molar-refractivity contribution is 0.533. The monoisotopic (exact) mass is 348 g/mol. The van der Waals surface area contributed by atoms with Crippen LogP contribution in [0.25, 0.3) is 0 Å². The molecule has 0 fully saturated rings. The number of rotatable bonds is 5. The summed E-state index contributed by atoms with van der Waals surface area (Å²) in [6, 6.07) is 22.7. The first-order chi connectivity index (χ1) is 11.3. The highest BCUT2D eigenvalue weighted by Crippen LogP contribution is 3.02. The van der Waals surface area contributed by atoms with Crippen molar-refractivity contribution in [2.75, 3.05) is 5.75 Å². The van der Waals surface area contributed by atoms with E-state index in [-0.39, 0.29) is 6.42 Å². The number of hydrogen-bond acceptors (Lipinski definition) is 0. The van der Waals surface area contributed by atoms with Gasteiger partial charge in [0.05, 0.1) is 19.2 Å². The normalized spacial score (nSPS) is 14.6. The third-order valence-electron chi connectivity index (χ3n) is 4.26. The van der Waals surface area contributed by atoms with Crippen molar-refractivity contribution in [1.29, 1.82) is 0 Å². The molecular formula is C20H19F3S. The standard InChI is InChI=1S/C20H19F3S/c21-24(22,23,19-12-6-2-7-13-19,20-14-8-3-9-15-20)17-16-18-10-4-1-5-11-18/h1-15H,16-17H2. The van der Waals surface area contributed by atoms with E-state index < -0.39 is 25.0 Å². The minimum absolute atomic E-state index is 0.0321. The van der Waals surface area contributed by atoms with Crippen molar-refractivity contribution in [1.82, 2.24) is 0 Å². The SMILES string of the molecule is FS(F)(F)(CCc1ccccc1)(c1ccccc1)c1ccccc1. The zero-order chi connectivity index (χ0) is 17.2. The fraction of sp³-hybridized carbons (Fsp3) is 0.100. The Kier molecular flexibility index (Phi) is 3.76. The number of aryl methyl sites for hydroxylation is 1. The van der Waals surface area contributed by atoms with Gasteiger partial charge in [-0.15, -0.1) is 11.7 Å². The molecule has 126 valence electrons. The van der Waals surface area contributed by atoms with E-state index in [1.165, 1.54) is 48.5 Å². The topological polar surface area (TPSA) is 0 Å². The van der Waals surface area contributed by atoms with Gasteiger partial charge >= 0.3 is 0 Å². The van der Waals surface area contributed by atoms with Crippen LogP contribution in [0.4, 0.5) is 11.7 Å². The molecule has 0 unspecified atom stereocenters. The van der Waals surface area contributed by atoms with E-state index in [0.717, 1.165) is 0 Å². The van der Waals surface area contributed by atoms with Crippen LogP contribution in [0.5, 0.6) is 0 Å². The zero-order valence-corrected chi connectivity index (χ0v) is 13.9. The van der Waals surface area contributed by atoms with Gasteiger partial charge in [0.25, 0.3) is 0 Å². The zero-order valence-electron chi connectivity index (χ0n) is 13.1. The second-order valence-electron chi connectivity index (χ2n) is 5.92. The van der Waals surface area contributed by atoms with E-state index in [4.69, 9.17) is 0 Å². The van der Waals surface area contributed by atoms with E-state index in [9.17, 15) is 0 Å². The highest BCUT2D eigenvalue weighted by atomic mass is 32.4. The molecule has 0 N–H and O–H groups in total. The Bertz CT molecular complexity index is 776. The van der Waals surface area contributed by atoms with Gasteiger partial charge in [0.15, 0.2) is 0 Å². The van der Waals surface area contributed by atoms with E-state index in [1.807, 2.05) is 6.07 Å². The summed E-state index contributed by atoms with van der Waals surface area (Å²) >= 11 is 0. The molecule has 0 spiro atoms. The van der Waals surface area contributed by atoms with Crippen LogP contribution < -0.4 is 0 Å². The molecule has 0 saturated carbocycles. The van der Waals surface area contributed by atoms with Crippen LogP contribution in [-0.2, 0) is 6.42 Å². The van der Waals surface area contributed by atoms with Crippen molar-refractivity contribution in [3.8, 4) is 0 Å². The predicted octanol–water partition coefficient (Wildman–Crippen LogP) is 6.88. The van der Waals surface area contributed by atoms with Crippen LogP contribution >= 0.6 is 9.45 Å². The molecule has 4 heteroatoms. The molecule has 0 aliphatic heterocycles. The molecule has 0 aliphatic carbocycles. The molecule has 0 amide bonds. The van der Waals surface area contributed by atoms with Gasteiger partial charge in [-0.05, 0) is 36.2 Å². The molecule has 0 atom stereocenters. The molecule has 0 aromatic heterocycles. The Morgan fingerprint density at radius 1 is 0.542 bits per heavy atom. The number of halogens is 3. The molecule has 3 aromatic carbocycles. The van der Waals surface area contributed by atoms with Gasteiger partial charge in [0, 0.05) is 5.75 Å². The third-order valence-corrected chi connectivity index (χ3v) is 8.09. The molecule has 3 aromatic rings. The van der Waals surface area contributed by atoms with Crippen LogP contribution in [0.15, 0.2) is 101 Å². The maximum atomic E-state index is 16.1. The van der Waals surface area contributed by atoms with Gasteiger partial charge in [-0.25, -0.2) is 0 Å². The quantitative estimate of drug-likeness (QED) is 0.471. The summed E-state index contributed by atoms with van der Waals surface area (Å²) in [5.74, 6) is -0.849. The molecule has 0 aliphatic rings. The smallest absolute Gasteiger partial charge is 0.0966 e. The molecule has 0 saturated heterocycles. The molecule has 0 radical (unpaired) electrons. The van der Waals surface area contributed by atoms with E-state index in [0.29, 0.717) is 5.56 Å². The van der Waals surface area contributed by atoms with E-state index >= 15 is 11.7 Å². The average molecular weight is 348 g/mol. The van der Waals surface area contributed by atoms with E-state index in [2.05, 4.69) is 0 Å². The van der Waals surface area contributed by atoms with Crippen molar-refractivity contribution in [3.63, 3.8) is 0 Å². The molecular weight excluding hydrogens is 329 g/mol. The van der Waals surface area contributed by atoms with Crippen molar-refractivity contribution in [2.45, 2.75) is 16.2 Å². The molecule has 0 heterocycles. The lowest BCUT2D eigenvalue weighted by atomic mass is 10.2. The minimum atomic E-state index is -7.14. The minimum Gasteiger partial charge on any atom is -0.144 e. The van der Waals surface area contributed by atoms with Crippen LogP contribution in [0.2, 0.25) is 0 Å². The molecule has 0 nitrogen and oxygen atoms in total. The van der Waals surface area contributed by atoms with Crippen molar-refractivity contribution in [2.24, 2.45) is 0 Å². The lowest BCUT2D eigenvalue weighted by Crippen LogP contribution is -2.26. The first-order valence-corrected chi connectivity index (χ1v) is 10.1. The Hall–Kier alpha value is -2.20. The van der Waals surface area contributed by atoms with E-state index in [1.54, 1.807) is 36.4 Å². The summed E-state index contributed by atoms with van der Waals surface area (Å²) in [4.78, 5) is -1.06. The lowest BCUT2D eigenvalue weighted by Gasteiger charge is -2.58. The predicted molar refractivity (Wildman–Crippen MR) is 95.3 cm³/mol. The third kappa shape index (κ3) is 2.82. The second-order valence-corrected chi connectivity index (χ2v) is 9.98. The fourth-order valence-corrected chi connectivity index (χ4v) is 5.83. The summed E-state index contributed by atoms with van der Waals surface area (Å²) in [6.07, 6.45) is -0.0321. The van der Waals surface area contributed by atoms with Gasteiger partial charge in [0.2, 0.25) is 0 Å². The van der Waals surface area contributed by atoms with Gasteiger partial charge in [0.1, 0.15) is 0 Å². The first kappa shape index (κ1) is 16.7. The second kappa shape index (κ2) is 5.42. The average Bonchev–Trinajstić information content (AvgIpc) is 2.63. The molecule has 0 bridgehead atoms. The Morgan fingerprint density at radius 2 is 0.917 bits per heavy atom. The van der Waals surface area contributed by atoms with Crippen molar-refractivity contribution >= 4 is 9.45 Å². The fourth-order valence-electron chi connectivity index (χ4n) is 2.83. The van der Waals surface area contributed by atoms with Crippen LogP contribution in [0, 0.1) is 0 Å². The Balaban J connectivity index is 2.15. The van der Waals surface area contributed by atoms with Crippen molar-refractivity contribution < 1.29 is 11.7 Å². The summed E-state index contributed by atoms with van der Waals surface area (Å²) in [6.45, 7) is 0. The Labute approximate surface area is 140 Å².